The van der Waals surface area contributed by atoms with E-state index in [1.165, 1.54) is 4.90 Å². The van der Waals surface area contributed by atoms with Crippen LogP contribution in [0.2, 0.25) is 0 Å². The maximum Gasteiger partial charge on any atom is 0.294 e. The fraction of sp³-hybridized carbons (Fsp3) is 0.385. The molecule has 2 amide bonds. The molecule has 6 nitrogen and oxygen atoms in total. The first-order valence-electron chi connectivity index (χ1n) is 11.0. The molecule has 2 aromatic carbocycles. The van der Waals surface area contributed by atoms with Gasteiger partial charge in [-0.15, -0.1) is 0 Å². The van der Waals surface area contributed by atoms with Gasteiger partial charge in [-0.1, -0.05) is 57.2 Å². The second kappa shape index (κ2) is 10.5. The van der Waals surface area contributed by atoms with Crippen LogP contribution < -0.4 is 15.0 Å². The largest absolute Gasteiger partial charge is 0.449 e. The maximum absolute atomic E-state index is 13.3. The monoisotopic (exact) mass is 436 g/mol. The molecule has 0 saturated heterocycles. The molecule has 0 unspecified atom stereocenters. The maximum atomic E-state index is 13.3. The van der Waals surface area contributed by atoms with Gasteiger partial charge in [0.25, 0.3) is 5.91 Å². The molecule has 6 heteroatoms. The minimum atomic E-state index is -0.336. The molecule has 0 aromatic heterocycles. The summed E-state index contributed by atoms with van der Waals surface area (Å²) >= 11 is 0. The van der Waals surface area contributed by atoms with Crippen molar-refractivity contribution < 1.29 is 19.1 Å². The Bertz CT molecular complexity index is 977. The van der Waals surface area contributed by atoms with Crippen molar-refractivity contribution in [1.82, 2.24) is 5.32 Å². The molecule has 1 heterocycles. The highest BCUT2D eigenvalue weighted by atomic mass is 16.5. The number of fused-ring (bicyclic) bond motifs is 1. The molecule has 1 N–H and O–H groups in total. The molecule has 0 spiro atoms. The van der Waals surface area contributed by atoms with Gasteiger partial charge >= 0.3 is 0 Å². The molecule has 3 rings (SSSR count). The van der Waals surface area contributed by atoms with Crippen LogP contribution >= 0.6 is 0 Å². The number of nitrogens with one attached hydrogen (secondary N) is 1. The van der Waals surface area contributed by atoms with E-state index in [4.69, 9.17) is 9.47 Å². The molecule has 0 aliphatic carbocycles. The summed E-state index contributed by atoms with van der Waals surface area (Å²) < 4.78 is 11.3. The van der Waals surface area contributed by atoms with Crippen molar-refractivity contribution in [2.75, 3.05) is 31.2 Å². The summed E-state index contributed by atoms with van der Waals surface area (Å²) in [5.74, 6) is 0.195. The quantitative estimate of drug-likeness (QED) is 0.495. The Morgan fingerprint density at radius 3 is 2.59 bits per heavy atom. The molecule has 1 aliphatic heterocycles. The third-order valence-electron chi connectivity index (χ3n) is 5.18. The Hall–Kier alpha value is -3.12. The predicted molar refractivity (Wildman–Crippen MR) is 127 cm³/mol. The van der Waals surface area contributed by atoms with Gasteiger partial charge in [-0.2, -0.15) is 0 Å². The Morgan fingerprint density at radius 1 is 1.16 bits per heavy atom. The first kappa shape index (κ1) is 23.5. The van der Waals surface area contributed by atoms with Gasteiger partial charge < -0.3 is 14.8 Å². The summed E-state index contributed by atoms with van der Waals surface area (Å²) in [6.07, 6.45) is 2.43. The smallest absolute Gasteiger partial charge is 0.294 e. The number of carbonyl (C=O) groups excluding carboxylic acids is 2. The zero-order chi connectivity index (χ0) is 23.1. The SMILES string of the molecule is CCOCCCNC(=O)CN1C(=O)/C(=C/c2ccccc2)Oc2ccc(C(C)(C)C)cc21. The molecule has 0 fully saturated rings. The van der Waals surface area contributed by atoms with Crippen LogP contribution in [-0.4, -0.2) is 38.1 Å². The van der Waals surface area contributed by atoms with E-state index < -0.39 is 0 Å². The third-order valence-corrected chi connectivity index (χ3v) is 5.18. The van der Waals surface area contributed by atoms with E-state index in [1.54, 1.807) is 6.08 Å². The molecular weight excluding hydrogens is 404 g/mol. The molecule has 0 saturated carbocycles. The van der Waals surface area contributed by atoms with Crippen LogP contribution in [0.5, 0.6) is 5.75 Å². The Balaban J connectivity index is 1.87. The van der Waals surface area contributed by atoms with Crippen LogP contribution in [-0.2, 0) is 19.7 Å². The van der Waals surface area contributed by atoms with Crippen molar-refractivity contribution in [2.45, 2.75) is 39.5 Å². The number of hydrogen-bond acceptors (Lipinski definition) is 4. The predicted octanol–water partition coefficient (Wildman–Crippen LogP) is 4.29. The van der Waals surface area contributed by atoms with Gasteiger partial charge in [-0.05, 0) is 48.1 Å². The lowest BCUT2D eigenvalue weighted by atomic mass is 9.86. The van der Waals surface area contributed by atoms with Crippen LogP contribution in [0.15, 0.2) is 54.3 Å². The van der Waals surface area contributed by atoms with Crippen LogP contribution in [0.1, 0.15) is 45.2 Å². The van der Waals surface area contributed by atoms with E-state index in [2.05, 4.69) is 26.1 Å². The fourth-order valence-electron chi connectivity index (χ4n) is 3.38. The summed E-state index contributed by atoms with van der Waals surface area (Å²) in [5, 5.41) is 2.88. The van der Waals surface area contributed by atoms with E-state index in [-0.39, 0.29) is 29.5 Å². The minimum absolute atomic E-state index is 0.0798. The summed E-state index contributed by atoms with van der Waals surface area (Å²) in [4.78, 5) is 27.5. The summed E-state index contributed by atoms with van der Waals surface area (Å²) in [6, 6.07) is 15.3. The summed E-state index contributed by atoms with van der Waals surface area (Å²) in [7, 11) is 0. The van der Waals surface area contributed by atoms with Crippen molar-refractivity contribution >= 4 is 23.6 Å². The van der Waals surface area contributed by atoms with E-state index in [1.807, 2.05) is 55.5 Å². The number of amides is 2. The van der Waals surface area contributed by atoms with Crippen LogP contribution in [0.3, 0.4) is 0 Å². The third kappa shape index (κ3) is 5.98. The Kier molecular flexibility index (Phi) is 7.70. The van der Waals surface area contributed by atoms with Crippen LogP contribution in [0.25, 0.3) is 6.08 Å². The number of anilines is 1. The zero-order valence-corrected chi connectivity index (χ0v) is 19.3. The molecule has 0 bridgehead atoms. The highest BCUT2D eigenvalue weighted by molar-refractivity contribution is 6.12. The van der Waals surface area contributed by atoms with Crippen molar-refractivity contribution in [1.29, 1.82) is 0 Å². The lowest BCUT2D eigenvalue weighted by molar-refractivity contribution is -0.123. The topological polar surface area (TPSA) is 67.9 Å². The van der Waals surface area contributed by atoms with Crippen molar-refractivity contribution in [2.24, 2.45) is 0 Å². The van der Waals surface area contributed by atoms with Crippen molar-refractivity contribution in [3.8, 4) is 5.75 Å². The number of carbonyl (C=O) groups is 2. The summed E-state index contributed by atoms with van der Waals surface area (Å²) in [6.45, 7) is 9.92. The highest BCUT2D eigenvalue weighted by Crippen LogP contribution is 2.39. The number of rotatable bonds is 8. The minimum Gasteiger partial charge on any atom is -0.449 e. The second-order valence-corrected chi connectivity index (χ2v) is 8.75. The van der Waals surface area contributed by atoms with Gasteiger partial charge in [-0.3, -0.25) is 14.5 Å². The van der Waals surface area contributed by atoms with Crippen molar-refractivity contribution in [3.63, 3.8) is 0 Å². The second-order valence-electron chi connectivity index (χ2n) is 8.75. The zero-order valence-electron chi connectivity index (χ0n) is 19.3. The van der Waals surface area contributed by atoms with Gasteiger partial charge in [-0.25, -0.2) is 0 Å². The molecule has 0 atom stereocenters. The first-order valence-corrected chi connectivity index (χ1v) is 11.0. The van der Waals surface area contributed by atoms with Gasteiger partial charge in [0.1, 0.15) is 6.54 Å². The van der Waals surface area contributed by atoms with Crippen LogP contribution in [0.4, 0.5) is 5.69 Å². The standard InChI is InChI=1S/C26H32N2O4/c1-5-31-15-9-14-27-24(29)18-28-21-17-20(26(2,3)4)12-13-22(21)32-23(25(28)30)16-19-10-7-6-8-11-19/h6-8,10-13,16-17H,5,9,14-15,18H2,1-4H3,(H,27,29)/b23-16-. The van der Waals surface area contributed by atoms with Gasteiger partial charge in [0.2, 0.25) is 5.91 Å². The van der Waals surface area contributed by atoms with Gasteiger partial charge in [0.05, 0.1) is 5.69 Å². The number of benzene rings is 2. The average molecular weight is 437 g/mol. The molecule has 32 heavy (non-hydrogen) atoms. The Labute approximate surface area is 190 Å². The first-order chi connectivity index (χ1) is 15.3. The number of ether oxygens (including phenoxy) is 2. The molecule has 1 aliphatic rings. The lowest BCUT2D eigenvalue weighted by Gasteiger charge is -2.32. The highest BCUT2D eigenvalue weighted by Gasteiger charge is 2.33. The van der Waals surface area contributed by atoms with E-state index >= 15 is 0 Å². The lowest BCUT2D eigenvalue weighted by Crippen LogP contribution is -2.44. The average Bonchev–Trinajstić information content (AvgIpc) is 2.76. The summed E-state index contributed by atoms with van der Waals surface area (Å²) in [5.41, 5.74) is 2.42. The molecule has 170 valence electrons. The fourth-order valence-corrected chi connectivity index (χ4v) is 3.38. The normalized spacial score (nSPS) is 14.8. The van der Waals surface area contributed by atoms with Gasteiger partial charge in [0, 0.05) is 19.8 Å². The van der Waals surface area contributed by atoms with E-state index in [0.717, 1.165) is 17.5 Å². The van der Waals surface area contributed by atoms with Gasteiger partial charge in [0.15, 0.2) is 11.5 Å². The molecule has 0 radical (unpaired) electrons. The molecule has 2 aromatic rings. The van der Waals surface area contributed by atoms with Crippen molar-refractivity contribution in [3.05, 3.63) is 65.4 Å². The van der Waals surface area contributed by atoms with E-state index in [0.29, 0.717) is 31.2 Å². The van der Waals surface area contributed by atoms with Crippen LogP contribution in [0, 0.1) is 0 Å². The molecular formula is C26H32N2O4. The number of hydrogen-bond donors (Lipinski definition) is 1. The number of nitrogens with zero attached hydrogens (tertiary/aromatic N) is 1. The van der Waals surface area contributed by atoms with E-state index in [9.17, 15) is 9.59 Å². The Morgan fingerprint density at radius 2 is 1.91 bits per heavy atom.